The maximum atomic E-state index is 12.9. The number of hydrogen-bond acceptors (Lipinski definition) is 4. The molecule has 1 heterocycles. The number of aliphatic hydroxyl groups excluding tert-OH is 1. The van der Waals surface area contributed by atoms with Gasteiger partial charge in [-0.25, -0.2) is 8.42 Å². The average Bonchev–Trinajstić information content (AvgIpc) is 2.72. The Balaban J connectivity index is 2.39. The van der Waals surface area contributed by atoms with Crippen molar-refractivity contribution in [2.75, 3.05) is 13.2 Å². The zero-order valence-electron chi connectivity index (χ0n) is 12.5. The van der Waals surface area contributed by atoms with Gasteiger partial charge in [-0.1, -0.05) is 25.0 Å². The predicted octanol–water partition coefficient (Wildman–Crippen LogP) is 1.38. The summed E-state index contributed by atoms with van der Waals surface area (Å²) < 4.78 is 27.3. The van der Waals surface area contributed by atoms with E-state index in [2.05, 4.69) is 0 Å². The van der Waals surface area contributed by atoms with Crippen LogP contribution in [0.1, 0.15) is 36.8 Å². The molecule has 0 radical (unpaired) electrons. The summed E-state index contributed by atoms with van der Waals surface area (Å²) in [5, 5.41) is 9.53. The molecule has 1 unspecified atom stereocenters. The minimum absolute atomic E-state index is 0.126. The van der Waals surface area contributed by atoms with Crippen molar-refractivity contribution in [3.05, 3.63) is 29.3 Å². The van der Waals surface area contributed by atoms with Crippen LogP contribution in [-0.2, 0) is 16.6 Å². The Morgan fingerprint density at radius 2 is 2.10 bits per heavy atom. The molecule has 1 atom stereocenters. The summed E-state index contributed by atoms with van der Waals surface area (Å²) in [5.74, 6) is 0. The second-order valence-corrected chi connectivity index (χ2v) is 7.46. The SMILES string of the molecule is Cc1cc(CN)ccc1S(=O)(=O)N1CCCCCC1CO. The fraction of sp³-hybridized carbons (Fsp3) is 0.600. The largest absolute Gasteiger partial charge is 0.395 e. The molecule has 0 aromatic heterocycles. The second kappa shape index (κ2) is 6.87. The van der Waals surface area contributed by atoms with Gasteiger partial charge < -0.3 is 10.8 Å². The normalized spacial score (nSPS) is 21.2. The van der Waals surface area contributed by atoms with E-state index in [0.29, 0.717) is 23.5 Å². The third-order valence-corrected chi connectivity index (χ3v) is 6.21. The molecule has 1 aromatic rings. The molecule has 0 bridgehead atoms. The first kappa shape index (κ1) is 16.4. The third-order valence-electron chi connectivity index (χ3n) is 4.10. The molecule has 0 aliphatic carbocycles. The molecule has 5 nitrogen and oxygen atoms in total. The van der Waals surface area contributed by atoms with E-state index in [-0.39, 0.29) is 12.6 Å². The molecule has 0 saturated carbocycles. The molecule has 118 valence electrons. The molecule has 1 aliphatic heterocycles. The summed E-state index contributed by atoms with van der Waals surface area (Å²) in [6.45, 7) is 2.53. The van der Waals surface area contributed by atoms with Gasteiger partial charge in [0.25, 0.3) is 0 Å². The van der Waals surface area contributed by atoms with Gasteiger partial charge in [-0.2, -0.15) is 4.31 Å². The lowest BCUT2D eigenvalue weighted by Gasteiger charge is -2.28. The van der Waals surface area contributed by atoms with Crippen molar-refractivity contribution in [3.8, 4) is 0 Å². The standard InChI is InChI=1S/C15H24N2O3S/c1-12-9-13(10-16)6-7-15(12)21(19,20)17-8-4-2-3-5-14(17)11-18/h6-7,9,14,18H,2-5,8,10-11,16H2,1H3. The molecule has 3 N–H and O–H groups in total. The van der Waals surface area contributed by atoms with Crippen LogP contribution in [0.15, 0.2) is 23.1 Å². The zero-order valence-corrected chi connectivity index (χ0v) is 13.3. The third kappa shape index (κ3) is 3.45. The highest BCUT2D eigenvalue weighted by Crippen LogP contribution is 2.27. The minimum atomic E-state index is -3.57. The molecule has 21 heavy (non-hydrogen) atoms. The first-order valence-corrected chi connectivity index (χ1v) is 8.87. The van der Waals surface area contributed by atoms with E-state index in [1.807, 2.05) is 6.07 Å². The summed E-state index contributed by atoms with van der Waals surface area (Å²) in [5.41, 5.74) is 7.22. The number of nitrogens with zero attached hydrogens (tertiary/aromatic N) is 1. The second-order valence-electron chi connectivity index (χ2n) is 5.61. The maximum Gasteiger partial charge on any atom is 0.243 e. The summed E-state index contributed by atoms with van der Waals surface area (Å²) in [4.78, 5) is 0.319. The molecular weight excluding hydrogens is 288 g/mol. The van der Waals surface area contributed by atoms with Crippen molar-refractivity contribution < 1.29 is 13.5 Å². The van der Waals surface area contributed by atoms with Gasteiger partial charge >= 0.3 is 0 Å². The van der Waals surface area contributed by atoms with Crippen LogP contribution >= 0.6 is 0 Å². The van der Waals surface area contributed by atoms with E-state index in [0.717, 1.165) is 31.2 Å². The van der Waals surface area contributed by atoms with Gasteiger partial charge in [0.2, 0.25) is 10.0 Å². The number of aryl methyl sites for hydroxylation is 1. The highest BCUT2D eigenvalue weighted by Gasteiger charge is 2.32. The lowest BCUT2D eigenvalue weighted by atomic mass is 10.1. The molecule has 1 aliphatic rings. The fourth-order valence-corrected chi connectivity index (χ4v) is 4.80. The summed E-state index contributed by atoms with van der Waals surface area (Å²) in [6, 6.07) is 4.89. The zero-order chi connectivity index (χ0) is 15.5. The van der Waals surface area contributed by atoms with Gasteiger partial charge in [-0.3, -0.25) is 0 Å². The van der Waals surface area contributed by atoms with Gasteiger partial charge in [0.05, 0.1) is 11.5 Å². The van der Waals surface area contributed by atoms with Gasteiger partial charge in [-0.05, 0) is 37.0 Å². The van der Waals surface area contributed by atoms with Gasteiger partial charge in [0.1, 0.15) is 0 Å². The Hall–Kier alpha value is -0.950. The average molecular weight is 312 g/mol. The number of hydrogen-bond donors (Lipinski definition) is 2. The Labute approximate surface area is 126 Å². The van der Waals surface area contributed by atoms with E-state index in [1.165, 1.54) is 4.31 Å². The van der Waals surface area contributed by atoms with Crippen molar-refractivity contribution in [1.82, 2.24) is 4.31 Å². The number of sulfonamides is 1. The van der Waals surface area contributed by atoms with Crippen LogP contribution < -0.4 is 5.73 Å². The quantitative estimate of drug-likeness (QED) is 0.880. The van der Waals surface area contributed by atoms with Gasteiger partial charge in [0.15, 0.2) is 0 Å². The summed E-state index contributed by atoms with van der Waals surface area (Å²) >= 11 is 0. The molecular formula is C15H24N2O3S. The Kier molecular flexibility index (Phi) is 5.37. The Morgan fingerprint density at radius 1 is 1.33 bits per heavy atom. The number of aliphatic hydroxyl groups is 1. The molecule has 1 aromatic carbocycles. The molecule has 6 heteroatoms. The lowest BCUT2D eigenvalue weighted by molar-refractivity contribution is 0.186. The Bertz CT molecular complexity index is 587. The maximum absolute atomic E-state index is 12.9. The van der Waals surface area contributed by atoms with E-state index in [1.54, 1.807) is 19.1 Å². The highest BCUT2D eigenvalue weighted by atomic mass is 32.2. The number of rotatable bonds is 4. The van der Waals surface area contributed by atoms with E-state index in [9.17, 15) is 13.5 Å². The van der Waals surface area contributed by atoms with Crippen molar-refractivity contribution in [1.29, 1.82) is 0 Å². The summed E-state index contributed by atoms with van der Waals surface area (Å²) in [6.07, 6.45) is 3.53. The molecule has 1 fully saturated rings. The van der Waals surface area contributed by atoms with Crippen LogP contribution in [0.2, 0.25) is 0 Å². The van der Waals surface area contributed by atoms with Crippen LogP contribution in [0.25, 0.3) is 0 Å². The van der Waals surface area contributed by atoms with E-state index < -0.39 is 10.0 Å². The van der Waals surface area contributed by atoms with Gasteiger partial charge in [0, 0.05) is 19.1 Å². The first-order valence-electron chi connectivity index (χ1n) is 7.43. The topological polar surface area (TPSA) is 83.6 Å². The van der Waals surface area contributed by atoms with Crippen LogP contribution in [0, 0.1) is 6.92 Å². The molecule has 0 spiro atoms. The number of benzene rings is 1. The van der Waals surface area contributed by atoms with Crippen LogP contribution in [-0.4, -0.2) is 37.0 Å². The van der Waals surface area contributed by atoms with Gasteiger partial charge in [-0.15, -0.1) is 0 Å². The van der Waals surface area contributed by atoms with Crippen LogP contribution in [0.3, 0.4) is 0 Å². The van der Waals surface area contributed by atoms with Crippen molar-refractivity contribution in [2.24, 2.45) is 5.73 Å². The monoisotopic (exact) mass is 312 g/mol. The summed E-state index contributed by atoms with van der Waals surface area (Å²) in [7, 11) is -3.57. The predicted molar refractivity (Wildman–Crippen MR) is 82.3 cm³/mol. The Morgan fingerprint density at radius 3 is 2.71 bits per heavy atom. The minimum Gasteiger partial charge on any atom is -0.395 e. The fourth-order valence-electron chi connectivity index (χ4n) is 2.90. The first-order chi connectivity index (χ1) is 10.0. The van der Waals surface area contributed by atoms with Crippen molar-refractivity contribution in [3.63, 3.8) is 0 Å². The van der Waals surface area contributed by atoms with Crippen LogP contribution in [0.4, 0.5) is 0 Å². The molecule has 2 rings (SSSR count). The smallest absolute Gasteiger partial charge is 0.243 e. The van der Waals surface area contributed by atoms with E-state index in [4.69, 9.17) is 5.73 Å². The highest BCUT2D eigenvalue weighted by molar-refractivity contribution is 7.89. The van der Waals surface area contributed by atoms with E-state index >= 15 is 0 Å². The van der Waals surface area contributed by atoms with Crippen molar-refractivity contribution >= 4 is 10.0 Å². The molecule has 0 amide bonds. The van der Waals surface area contributed by atoms with Crippen LogP contribution in [0.5, 0.6) is 0 Å². The molecule has 1 saturated heterocycles. The van der Waals surface area contributed by atoms with Crippen molar-refractivity contribution in [2.45, 2.75) is 50.1 Å². The number of nitrogens with two attached hydrogens (primary N) is 1. The lowest BCUT2D eigenvalue weighted by Crippen LogP contribution is -2.42.